The summed E-state index contributed by atoms with van der Waals surface area (Å²) >= 11 is 0. The van der Waals surface area contributed by atoms with E-state index in [2.05, 4.69) is 10.3 Å². The van der Waals surface area contributed by atoms with Gasteiger partial charge in [-0.2, -0.15) is 0 Å². The number of ether oxygens (including phenoxy) is 1. The van der Waals surface area contributed by atoms with Crippen LogP contribution in [-0.2, 0) is 18.8 Å². The molecule has 2 saturated heterocycles. The molecule has 39 heavy (non-hydrogen) atoms. The molecular weight excluding hydrogens is 495 g/mol. The number of hydrogen-bond donors (Lipinski definition) is 2. The lowest BCUT2D eigenvalue weighted by atomic mass is 9.79. The Kier molecular flexibility index (Phi) is 7.31. The molecule has 1 aliphatic carbocycles. The second-order valence-electron chi connectivity index (χ2n) is 12.6. The third-order valence-corrected chi connectivity index (χ3v) is 8.95. The van der Waals surface area contributed by atoms with E-state index in [1.165, 1.54) is 20.0 Å². The van der Waals surface area contributed by atoms with Gasteiger partial charge in [-0.15, -0.1) is 0 Å². The lowest BCUT2D eigenvalue weighted by Crippen LogP contribution is -2.51. The summed E-state index contributed by atoms with van der Waals surface area (Å²) in [7, 11) is 0.900. The standard InChI is InChI=1S/C29H41BN4O5/c1-17(2)24(33-27(36)37-7)26(35)34-16-20(18-8-9-18)14-23(34)25-31-15-22(32-25)19-10-12-21(13-11-19)30-38-28(3,4)29(5,6)39-30/h10-13,15,17-18,20,23-24H,8-9,14,16H2,1-7H3,(H,31,32)(H,33,36)/t20?,23-,24-/m0/s1. The Balaban J connectivity index is 1.34. The van der Waals surface area contributed by atoms with Crippen molar-refractivity contribution < 1.29 is 23.6 Å². The van der Waals surface area contributed by atoms with Gasteiger partial charge >= 0.3 is 13.2 Å². The normalized spacial score (nSPS) is 24.7. The largest absolute Gasteiger partial charge is 0.494 e. The molecule has 1 aromatic heterocycles. The maximum absolute atomic E-state index is 13.7. The zero-order valence-corrected chi connectivity index (χ0v) is 24.1. The van der Waals surface area contributed by atoms with Gasteiger partial charge in [-0.05, 0) is 75.7 Å². The zero-order chi connectivity index (χ0) is 28.1. The topological polar surface area (TPSA) is 106 Å². The summed E-state index contributed by atoms with van der Waals surface area (Å²) in [6.45, 7) is 12.7. The molecule has 1 saturated carbocycles. The van der Waals surface area contributed by atoms with Crippen LogP contribution in [0.15, 0.2) is 30.5 Å². The number of carbonyl (C=O) groups is 2. The summed E-state index contributed by atoms with van der Waals surface area (Å²) in [4.78, 5) is 35.8. The molecular formula is C29H41BN4O5. The van der Waals surface area contributed by atoms with Crippen molar-refractivity contribution in [3.63, 3.8) is 0 Å². The lowest BCUT2D eigenvalue weighted by molar-refractivity contribution is -0.135. The fraction of sp³-hybridized carbons (Fsp3) is 0.621. The van der Waals surface area contributed by atoms with E-state index in [4.69, 9.17) is 19.0 Å². The lowest BCUT2D eigenvalue weighted by Gasteiger charge is -2.32. The van der Waals surface area contributed by atoms with E-state index in [9.17, 15) is 9.59 Å². The number of hydrogen-bond acceptors (Lipinski definition) is 6. The maximum atomic E-state index is 13.7. The number of benzene rings is 1. The number of H-pyrrole nitrogens is 1. The number of carbonyl (C=O) groups excluding carboxylic acids is 2. The summed E-state index contributed by atoms with van der Waals surface area (Å²) < 4.78 is 17.2. The highest BCUT2D eigenvalue weighted by atomic mass is 16.7. The molecule has 0 radical (unpaired) electrons. The number of imidazole rings is 1. The Morgan fingerprint density at radius 1 is 1.10 bits per heavy atom. The predicted octanol–water partition coefficient (Wildman–Crippen LogP) is 4.06. The molecule has 5 rings (SSSR count). The monoisotopic (exact) mass is 536 g/mol. The van der Waals surface area contributed by atoms with Gasteiger partial charge < -0.3 is 29.2 Å². The first-order valence-electron chi connectivity index (χ1n) is 14.1. The third kappa shape index (κ3) is 5.46. The molecule has 9 nitrogen and oxygen atoms in total. The number of methoxy groups -OCH3 is 1. The summed E-state index contributed by atoms with van der Waals surface area (Å²) in [5.41, 5.74) is 2.07. The van der Waals surface area contributed by atoms with Gasteiger partial charge in [0.15, 0.2) is 0 Å². The Bertz CT molecular complexity index is 1190. The van der Waals surface area contributed by atoms with Gasteiger partial charge in [-0.3, -0.25) is 4.79 Å². The maximum Gasteiger partial charge on any atom is 0.494 e. The first-order valence-corrected chi connectivity index (χ1v) is 14.1. The van der Waals surface area contributed by atoms with Crippen molar-refractivity contribution in [3.05, 3.63) is 36.3 Å². The summed E-state index contributed by atoms with van der Waals surface area (Å²) in [6, 6.07) is 7.31. The molecule has 2 N–H and O–H groups in total. The predicted molar refractivity (Wildman–Crippen MR) is 149 cm³/mol. The first-order chi connectivity index (χ1) is 18.4. The molecule has 210 valence electrons. The van der Waals surface area contributed by atoms with E-state index in [0.29, 0.717) is 18.4 Å². The number of nitrogens with zero attached hydrogens (tertiary/aromatic N) is 2. The van der Waals surface area contributed by atoms with Gasteiger partial charge in [0, 0.05) is 6.54 Å². The molecule has 2 aromatic rings. The molecule has 1 unspecified atom stereocenters. The van der Waals surface area contributed by atoms with Gasteiger partial charge in [0.25, 0.3) is 0 Å². The highest BCUT2D eigenvalue weighted by molar-refractivity contribution is 6.62. The number of amides is 2. The van der Waals surface area contributed by atoms with Crippen LogP contribution in [0, 0.1) is 17.8 Å². The molecule has 3 atom stereocenters. The summed E-state index contributed by atoms with van der Waals surface area (Å²) in [6.07, 6.45) is 4.53. The number of nitrogens with one attached hydrogen (secondary N) is 2. The van der Waals surface area contributed by atoms with Gasteiger partial charge in [-0.25, -0.2) is 9.78 Å². The van der Waals surface area contributed by atoms with Crippen molar-refractivity contribution >= 4 is 24.6 Å². The number of likely N-dealkylation sites (tertiary alicyclic amines) is 1. The van der Waals surface area contributed by atoms with E-state index in [0.717, 1.165) is 29.0 Å². The van der Waals surface area contributed by atoms with Crippen LogP contribution < -0.4 is 10.8 Å². The van der Waals surface area contributed by atoms with Crippen molar-refractivity contribution in [1.82, 2.24) is 20.2 Å². The average molecular weight is 536 g/mol. The van der Waals surface area contributed by atoms with Crippen molar-refractivity contribution in [3.8, 4) is 11.3 Å². The smallest absolute Gasteiger partial charge is 0.453 e. The number of aromatic amines is 1. The molecule has 2 amide bonds. The number of rotatable bonds is 7. The van der Waals surface area contributed by atoms with Crippen LogP contribution in [0.25, 0.3) is 11.3 Å². The van der Waals surface area contributed by atoms with Gasteiger partial charge in [0.05, 0.1) is 36.2 Å². The SMILES string of the molecule is COC(=O)N[C@H](C(=O)N1CC(C2CC2)C[C@H]1c1ncc(-c2ccc(B3OC(C)(C)C(C)(C)O3)cc2)[nH]1)C(C)C. The van der Waals surface area contributed by atoms with Crippen LogP contribution in [0.5, 0.6) is 0 Å². The van der Waals surface area contributed by atoms with Crippen molar-refractivity contribution in [2.75, 3.05) is 13.7 Å². The first kappa shape index (κ1) is 27.7. The highest BCUT2D eigenvalue weighted by Crippen LogP contribution is 2.47. The fourth-order valence-electron chi connectivity index (χ4n) is 5.61. The van der Waals surface area contributed by atoms with Gasteiger partial charge in [0.2, 0.25) is 5.91 Å². The molecule has 3 fully saturated rings. The van der Waals surface area contributed by atoms with E-state index >= 15 is 0 Å². The third-order valence-electron chi connectivity index (χ3n) is 8.95. The fourth-order valence-corrected chi connectivity index (χ4v) is 5.61. The molecule has 2 aliphatic heterocycles. The van der Waals surface area contributed by atoms with Gasteiger partial charge in [0.1, 0.15) is 11.9 Å². The van der Waals surface area contributed by atoms with E-state index in [1.54, 1.807) is 0 Å². The molecule has 3 aliphatic rings. The Labute approximate surface area is 231 Å². The van der Waals surface area contributed by atoms with Gasteiger partial charge in [-0.1, -0.05) is 38.1 Å². The molecule has 1 aromatic carbocycles. The van der Waals surface area contributed by atoms with Crippen LogP contribution in [0.4, 0.5) is 4.79 Å². The van der Waals surface area contributed by atoms with Crippen molar-refractivity contribution in [2.24, 2.45) is 17.8 Å². The quantitative estimate of drug-likeness (QED) is 0.518. The Morgan fingerprint density at radius 2 is 1.74 bits per heavy atom. The van der Waals surface area contributed by atoms with Crippen LogP contribution in [0.3, 0.4) is 0 Å². The zero-order valence-electron chi connectivity index (χ0n) is 24.1. The molecule has 10 heteroatoms. The minimum Gasteiger partial charge on any atom is -0.453 e. The van der Waals surface area contributed by atoms with E-state index in [-0.39, 0.29) is 17.9 Å². The van der Waals surface area contributed by atoms with Crippen LogP contribution in [0.1, 0.15) is 72.7 Å². The second kappa shape index (κ2) is 10.3. The Morgan fingerprint density at radius 3 is 2.31 bits per heavy atom. The summed E-state index contributed by atoms with van der Waals surface area (Å²) in [5, 5.41) is 2.74. The second-order valence-corrected chi connectivity index (χ2v) is 12.6. The van der Waals surface area contributed by atoms with Crippen LogP contribution >= 0.6 is 0 Å². The van der Waals surface area contributed by atoms with E-state index < -0.39 is 30.5 Å². The van der Waals surface area contributed by atoms with Crippen LogP contribution in [-0.4, -0.2) is 64.9 Å². The minimum absolute atomic E-state index is 0.0770. The van der Waals surface area contributed by atoms with Crippen molar-refractivity contribution in [2.45, 2.75) is 84.1 Å². The highest BCUT2D eigenvalue weighted by Gasteiger charge is 2.51. The Hall–Kier alpha value is -2.85. The minimum atomic E-state index is -0.658. The molecule has 3 heterocycles. The van der Waals surface area contributed by atoms with E-state index in [1.807, 2.05) is 76.9 Å². The molecule has 0 spiro atoms. The van der Waals surface area contributed by atoms with Crippen LogP contribution in [0.2, 0.25) is 0 Å². The number of aromatic nitrogens is 2. The number of alkyl carbamates (subject to hydrolysis) is 1. The van der Waals surface area contributed by atoms with Crippen molar-refractivity contribution in [1.29, 1.82) is 0 Å². The molecule has 0 bridgehead atoms. The summed E-state index contributed by atoms with van der Waals surface area (Å²) in [5.74, 6) is 1.71. The average Bonchev–Trinajstić information content (AvgIpc) is 3.36.